The summed E-state index contributed by atoms with van der Waals surface area (Å²) in [5.74, 6) is -1.58. The van der Waals surface area contributed by atoms with Crippen molar-refractivity contribution in [1.82, 2.24) is 0 Å². The van der Waals surface area contributed by atoms with E-state index in [1.54, 1.807) is 0 Å². The predicted octanol–water partition coefficient (Wildman–Crippen LogP) is 13.0. The van der Waals surface area contributed by atoms with Crippen LogP contribution in [0.4, 0.5) is 0 Å². The summed E-state index contributed by atoms with van der Waals surface area (Å²) < 4.78 is 0.220. The fourth-order valence-corrected chi connectivity index (χ4v) is 37.2. The normalized spacial score (nSPS) is 18.4. The number of fused-ring (bicyclic) bond motifs is 2. The van der Waals surface area contributed by atoms with Crippen LogP contribution in [0.3, 0.4) is 0 Å². The van der Waals surface area contributed by atoms with Crippen LogP contribution < -0.4 is 0 Å². The summed E-state index contributed by atoms with van der Waals surface area (Å²) in [4.78, 5) is 0. The van der Waals surface area contributed by atoms with Crippen molar-refractivity contribution in [2.75, 3.05) is 0 Å². The Morgan fingerprint density at radius 2 is 1.33 bits per heavy atom. The Balaban J connectivity index is 1.50. The minimum atomic E-state index is -4.70. The van der Waals surface area contributed by atoms with Gasteiger partial charge in [-0.3, -0.25) is 0 Å². The zero-order valence-electron chi connectivity index (χ0n) is 27.9. The van der Waals surface area contributed by atoms with Gasteiger partial charge in [-0.25, -0.2) is 0 Å². The molecular formula is C41H47Cl2SiZr. The molecule has 4 aromatic rings. The molecule has 2 atom stereocenters. The second-order valence-electron chi connectivity index (χ2n) is 14.8. The number of hydrogen-bond donors (Lipinski definition) is 0. The van der Waals surface area contributed by atoms with E-state index in [1.165, 1.54) is 61.2 Å². The number of unbranched alkanes of at least 4 members (excludes halogenated alkanes) is 1. The van der Waals surface area contributed by atoms with Crippen molar-refractivity contribution < 1.29 is 15.6 Å². The maximum atomic E-state index is 8.50. The molecule has 0 spiro atoms. The molecule has 0 aromatic heterocycles. The molecule has 0 saturated heterocycles. The van der Waals surface area contributed by atoms with Gasteiger partial charge < -0.3 is 0 Å². The van der Waals surface area contributed by atoms with Crippen molar-refractivity contribution in [3.05, 3.63) is 130 Å². The molecule has 0 amide bonds. The summed E-state index contributed by atoms with van der Waals surface area (Å²) in [6.45, 7) is 16.1. The number of allylic oxidation sites excluding steroid dienone is 2. The average molecular weight is 730 g/mol. The van der Waals surface area contributed by atoms with Gasteiger partial charge >= 0.3 is 283 Å². The van der Waals surface area contributed by atoms with E-state index in [4.69, 9.17) is 17.0 Å². The van der Waals surface area contributed by atoms with E-state index in [1.807, 2.05) is 0 Å². The molecular weight excluding hydrogens is 683 g/mol. The Morgan fingerprint density at radius 1 is 0.756 bits per heavy atom. The standard InChI is InChI=1S/C20H21.C19H19.C2H7Si.2ClH.Zr/c1-3-4-6-16-13-18-7-5-8-19(20(18)14-16)17-11-9-15(2)10-12-17;1-19(2,3)16-12-10-15(11-13-16)18-9-5-7-14-6-4-8-17(14)18;1-3-2;;;/h5,7-14H,3-4,6H2,1-2H3;4-13H,1-3H3;3H,1-2H3;2*1H;/q;;;;;+2/p-2. The summed E-state index contributed by atoms with van der Waals surface area (Å²) >= 11 is -4.70. The number of halogens is 2. The van der Waals surface area contributed by atoms with Crippen LogP contribution in [0.2, 0.25) is 13.1 Å². The van der Waals surface area contributed by atoms with Crippen LogP contribution in [0.1, 0.15) is 87.6 Å². The Morgan fingerprint density at radius 3 is 1.91 bits per heavy atom. The van der Waals surface area contributed by atoms with E-state index in [2.05, 4.69) is 151 Å². The van der Waals surface area contributed by atoms with Crippen LogP contribution >= 0.6 is 17.0 Å². The third kappa shape index (κ3) is 5.67. The van der Waals surface area contributed by atoms with Gasteiger partial charge in [0, 0.05) is 0 Å². The van der Waals surface area contributed by atoms with Crippen molar-refractivity contribution in [1.29, 1.82) is 0 Å². The van der Waals surface area contributed by atoms with E-state index in [-0.39, 0.29) is 12.7 Å². The number of rotatable bonds is 8. The van der Waals surface area contributed by atoms with E-state index in [0.717, 1.165) is 19.3 Å². The fourth-order valence-electron chi connectivity index (χ4n) is 7.79. The van der Waals surface area contributed by atoms with Gasteiger partial charge in [0.05, 0.1) is 0 Å². The van der Waals surface area contributed by atoms with Gasteiger partial charge in [-0.05, 0) is 0 Å². The third-order valence-electron chi connectivity index (χ3n) is 10.6. The molecule has 0 saturated carbocycles. The monoisotopic (exact) mass is 727 g/mol. The SMILES string of the molecule is CCCCC1=Cc2c(-c3ccc(C)cc3)cccc2[CH]1[Zr]([Cl])([Cl])([CH]1C=Cc2c(-c3ccc(C(C)(C)C)cc3)cccc21)[SiH](C)C. The van der Waals surface area contributed by atoms with Crippen molar-refractivity contribution in [3.8, 4) is 22.3 Å². The summed E-state index contributed by atoms with van der Waals surface area (Å²) in [5.41, 5.74) is 14.7. The molecule has 6 rings (SSSR count). The van der Waals surface area contributed by atoms with Gasteiger partial charge in [-0.1, -0.05) is 0 Å². The number of hydrogen-bond acceptors (Lipinski definition) is 0. The Bertz CT molecular complexity index is 1790. The average Bonchev–Trinajstić information content (AvgIpc) is 3.63. The van der Waals surface area contributed by atoms with Gasteiger partial charge in [0.1, 0.15) is 0 Å². The molecule has 2 unspecified atom stereocenters. The Labute approximate surface area is 280 Å². The summed E-state index contributed by atoms with van der Waals surface area (Å²) in [7, 11) is 17.0. The molecule has 0 fully saturated rings. The van der Waals surface area contributed by atoms with Crippen LogP contribution in [0.15, 0.2) is 96.6 Å². The molecule has 0 heterocycles. The first kappa shape index (κ1) is 33.0. The first-order valence-corrected chi connectivity index (χ1v) is 33.1. The van der Waals surface area contributed by atoms with E-state index in [9.17, 15) is 0 Å². The van der Waals surface area contributed by atoms with Crippen molar-refractivity contribution >= 4 is 35.1 Å². The second-order valence-corrected chi connectivity index (χ2v) is 57.4. The van der Waals surface area contributed by atoms with Gasteiger partial charge in [-0.2, -0.15) is 0 Å². The molecule has 0 nitrogen and oxygen atoms in total. The van der Waals surface area contributed by atoms with E-state index >= 15 is 0 Å². The fraction of sp³-hybridized carbons (Fsp3) is 0.317. The Kier molecular flexibility index (Phi) is 8.97. The van der Waals surface area contributed by atoms with Crippen molar-refractivity contribution in [2.24, 2.45) is 0 Å². The maximum absolute atomic E-state index is 8.50. The van der Waals surface area contributed by atoms with E-state index < -0.39 is 21.5 Å². The molecule has 45 heavy (non-hydrogen) atoms. The number of aryl methyl sites for hydroxylation is 1. The van der Waals surface area contributed by atoms with Gasteiger partial charge in [0.15, 0.2) is 0 Å². The first-order chi connectivity index (χ1) is 21.3. The van der Waals surface area contributed by atoms with Crippen LogP contribution in [-0.2, 0) is 21.0 Å². The number of benzene rings is 4. The van der Waals surface area contributed by atoms with Crippen molar-refractivity contribution in [3.63, 3.8) is 0 Å². The molecule has 2 aliphatic carbocycles. The minimum absolute atomic E-state index is 0.0919. The van der Waals surface area contributed by atoms with Gasteiger partial charge in [0.2, 0.25) is 0 Å². The molecule has 233 valence electrons. The van der Waals surface area contributed by atoms with Crippen LogP contribution in [0.25, 0.3) is 34.4 Å². The van der Waals surface area contributed by atoms with Crippen LogP contribution in [0, 0.1) is 6.92 Å². The van der Waals surface area contributed by atoms with E-state index in [0.29, 0.717) is 0 Å². The molecule has 4 aromatic carbocycles. The molecule has 0 radical (unpaired) electrons. The van der Waals surface area contributed by atoms with Crippen molar-refractivity contribution in [2.45, 2.75) is 79.6 Å². The molecule has 0 aliphatic heterocycles. The molecule has 2 aliphatic rings. The van der Waals surface area contributed by atoms with Gasteiger partial charge in [-0.15, -0.1) is 0 Å². The zero-order chi connectivity index (χ0) is 32.2. The summed E-state index contributed by atoms with van der Waals surface area (Å²) in [6.07, 6.45) is 10.6. The Hall–Kier alpha value is -1.96. The quantitative estimate of drug-likeness (QED) is 0.158. The second kappa shape index (κ2) is 12.2. The van der Waals surface area contributed by atoms with Crippen LogP contribution in [0.5, 0.6) is 0 Å². The van der Waals surface area contributed by atoms with Gasteiger partial charge in [0.25, 0.3) is 0 Å². The van der Waals surface area contributed by atoms with Crippen LogP contribution in [-0.4, -0.2) is 5.92 Å². The molecule has 0 N–H and O–H groups in total. The summed E-state index contributed by atoms with van der Waals surface area (Å²) in [6, 6.07) is 31.7. The topological polar surface area (TPSA) is 0 Å². The zero-order valence-corrected chi connectivity index (χ0v) is 33.0. The molecule has 4 heteroatoms. The molecule has 0 bridgehead atoms. The first-order valence-electron chi connectivity index (χ1n) is 16.7. The third-order valence-corrected chi connectivity index (χ3v) is 62.5. The predicted molar refractivity (Wildman–Crippen MR) is 200 cm³/mol. The summed E-state index contributed by atoms with van der Waals surface area (Å²) in [5, 5.41) is 0.